The SMILES string of the molecule is c1ccc2c(N(c3ccc(C4OCCO4)cc3)c3ccc4oc5sc(-c6cc7c(oc8ccc(N(c9ccc(C%10OCCO%10)cc9)c9cccc%10ccccc9%10)cc87)s6)cc5c4c3)cccc2c1. The van der Waals surface area contributed by atoms with Crippen LogP contribution in [0.2, 0.25) is 0 Å². The van der Waals surface area contributed by atoms with E-state index in [0.29, 0.717) is 26.4 Å². The highest BCUT2D eigenvalue weighted by molar-refractivity contribution is 7.28. The van der Waals surface area contributed by atoms with E-state index >= 15 is 0 Å². The Morgan fingerprint density at radius 3 is 1.19 bits per heavy atom. The summed E-state index contributed by atoms with van der Waals surface area (Å²) in [4.78, 5) is 8.72. The van der Waals surface area contributed by atoms with Gasteiger partial charge in [-0.3, -0.25) is 0 Å². The third-order valence-corrected chi connectivity index (χ3v) is 15.4. The molecule has 2 saturated heterocycles. The van der Waals surface area contributed by atoms with Crippen LogP contribution < -0.4 is 9.80 Å². The van der Waals surface area contributed by atoms with Gasteiger partial charge in [-0.2, -0.15) is 0 Å². The van der Waals surface area contributed by atoms with Crippen molar-refractivity contribution in [2.75, 3.05) is 36.2 Å². The quantitative estimate of drug-likeness (QED) is 0.142. The summed E-state index contributed by atoms with van der Waals surface area (Å²) in [7, 11) is 0. The number of hydrogen-bond acceptors (Lipinski definition) is 10. The molecule has 0 N–H and O–H groups in total. The molecule has 0 atom stereocenters. The van der Waals surface area contributed by atoms with Crippen LogP contribution in [0, 0.1) is 0 Å². The van der Waals surface area contributed by atoms with Gasteiger partial charge < -0.3 is 37.6 Å². The van der Waals surface area contributed by atoms with E-state index in [1.54, 1.807) is 22.7 Å². The van der Waals surface area contributed by atoms with Gasteiger partial charge in [-0.15, -0.1) is 0 Å². The highest BCUT2D eigenvalue weighted by atomic mass is 32.1. The monoisotopic (exact) mass is 924 g/mol. The molecule has 0 unspecified atom stereocenters. The number of fused-ring (bicyclic) bond motifs is 8. The summed E-state index contributed by atoms with van der Waals surface area (Å²) in [5.41, 5.74) is 10.0. The lowest BCUT2D eigenvalue weighted by atomic mass is 10.1. The van der Waals surface area contributed by atoms with Crippen LogP contribution in [0.1, 0.15) is 23.7 Å². The lowest BCUT2D eigenvalue weighted by Gasteiger charge is -2.27. The van der Waals surface area contributed by atoms with E-state index in [1.165, 1.54) is 21.5 Å². The largest absolute Gasteiger partial charge is 0.445 e. The van der Waals surface area contributed by atoms with Crippen LogP contribution in [0.15, 0.2) is 191 Å². The molecule has 0 amide bonds. The Bertz CT molecular complexity index is 3590. The number of nitrogens with zero attached hydrogens (tertiary/aromatic N) is 2. The van der Waals surface area contributed by atoms with Crippen LogP contribution in [-0.2, 0) is 18.9 Å². The molecule has 8 aromatic carbocycles. The molecule has 0 radical (unpaired) electrons. The Hall–Kier alpha value is -7.28. The Labute approximate surface area is 398 Å². The van der Waals surface area contributed by atoms with E-state index in [1.807, 2.05) is 0 Å². The van der Waals surface area contributed by atoms with Gasteiger partial charge in [0.25, 0.3) is 0 Å². The molecule has 4 aromatic heterocycles. The maximum Gasteiger partial charge on any atom is 0.189 e. The highest BCUT2D eigenvalue weighted by Gasteiger charge is 2.25. The van der Waals surface area contributed by atoms with Crippen molar-refractivity contribution in [3.8, 4) is 9.75 Å². The lowest BCUT2D eigenvalue weighted by Crippen LogP contribution is -2.10. The van der Waals surface area contributed by atoms with Gasteiger partial charge in [0.15, 0.2) is 22.4 Å². The Morgan fingerprint density at radius 2 is 0.750 bits per heavy atom. The Balaban J connectivity index is 0.847. The first-order valence-electron chi connectivity index (χ1n) is 22.8. The summed E-state index contributed by atoms with van der Waals surface area (Å²) in [5.74, 6) is 0. The van der Waals surface area contributed by atoms with E-state index in [0.717, 1.165) is 97.5 Å². The fourth-order valence-corrected chi connectivity index (χ4v) is 12.1. The zero-order chi connectivity index (χ0) is 44.7. The third-order valence-electron chi connectivity index (χ3n) is 13.2. The summed E-state index contributed by atoms with van der Waals surface area (Å²) < 4.78 is 36.5. The van der Waals surface area contributed by atoms with Crippen molar-refractivity contribution >= 4 is 121 Å². The summed E-state index contributed by atoms with van der Waals surface area (Å²) >= 11 is 3.35. The standard InChI is InChI=1S/C58H40N2O6S2/c1-3-11-43-35(7-1)9-5-13-49(43)59(39-19-15-37(16-20-39)55-61-27-28-62-55)41-23-25-51-45(31-41)47-33-53(67-57(47)65-51)54-34-48-46-32-42(24-26-52(46)66-58(48)68-54)60(50-14-6-10-36-8-2-4-12-44(36)50)40-21-17-38(18-22-40)56-63-29-30-64-56/h1-26,31-34,55-56H,27-30H2. The van der Waals surface area contributed by atoms with Crippen molar-refractivity contribution in [2.24, 2.45) is 0 Å². The maximum atomic E-state index is 6.60. The van der Waals surface area contributed by atoms with Gasteiger partial charge in [-0.1, -0.05) is 120 Å². The minimum atomic E-state index is -0.338. The molecule has 14 rings (SSSR count). The third kappa shape index (κ3) is 6.71. The van der Waals surface area contributed by atoms with Crippen LogP contribution >= 0.6 is 22.7 Å². The summed E-state index contributed by atoms with van der Waals surface area (Å²) in [6.45, 7) is 2.41. The molecular formula is C58H40N2O6S2. The van der Waals surface area contributed by atoms with E-state index in [-0.39, 0.29) is 12.6 Å². The second-order valence-corrected chi connectivity index (χ2v) is 19.2. The second kappa shape index (κ2) is 16.2. The number of hydrogen-bond donors (Lipinski definition) is 0. The molecule has 330 valence electrons. The first kappa shape index (κ1) is 39.8. The van der Waals surface area contributed by atoms with Crippen molar-refractivity contribution in [1.29, 1.82) is 0 Å². The molecule has 2 aliphatic heterocycles. The molecule has 0 saturated carbocycles. The number of ether oxygens (including phenoxy) is 4. The predicted octanol–water partition coefficient (Wildman–Crippen LogP) is 16.6. The van der Waals surface area contributed by atoms with Gasteiger partial charge in [-0.05, 0) is 95.7 Å². The Kier molecular flexibility index (Phi) is 9.50. The molecule has 0 aliphatic carbocycles. The molecule has 6 heterocycles. The minimum Gasteiger partial charge on any atom is -0.445 e. The van der Waals surface area contributed by atoms with E-state index in [9.17, 15) is 0 Å². The van der Waals surface area contributed by atoms with Gasteiger partial charge >= 0.3 is 0 Å². The van der Waals surface area contributed by atoms with Crippen LogP contribution in [0.4, 0.5) is 34.1 Å². The summed E-state index contributed by atoms with van der Waals surface area (Å²) in [5, 5.41) is 8.99. The van der Waals surface area contributed by atoms with Gasteiger partial charge in [0.05, 0.1) is 37.8 Å². The van der Waals surface area contributed by atoms with E-state index in [4.69, 9.17) is 27.8 Å². The van der Waals surface area contributed by atoms with E-state index in [2.05, 4.69) is 192 Å². The molecule has 0 spiro atoms. The number of rotatable bonds is 9. The van der Waals surface area contributed by atoms with Crippen molar-refractivity contribution in [3.05, 3.63) is 193 Å². The fourth-order valence-electron chi connectivity index (χ4n) is 9.96. The zero-order valence-electron chi connectivity index (χ0n) is 36.5. The number of benzene rings is 8. The topological polar surface area (TPSA) is 69.7 Å². The summed E-state index contributed by atoms with van der Waals surface area (Å²) in [6.07, 6.45) is -0.676. The molecule has 68 heavy (non-hydrogen) atoms. The number of furan rings is 2. The van der Waals surface area contributed by atoms with Crippen molar-refractivity contribution in [3.63, 3.8) is 0 Å². The molecule has 10 heteroatoms. The van der Waals surface area contributed by atoms with E-state index < -0.39 is 0 Å². The van der Waals surface area contributed by atoms with Crippen LogP contribution in [0.25, 0.3) is 73.8 Å². The molecule has 2 aliphatic rings. The Morgan fingerprint density at radius 1 is 0.353 bits per heavy atom. The molecule has 12 aromatic rings. The normalized spacial score (nSPS) is 14.8. The zero-order valence-corrected chi connectivity index (χ0v) is 38.1. The minimum absolute atomic E-state index is 0.338. The lowest BCUT2D eigenvalue weighted by molar-refractivity contribution is -0.0443. The van der Waals surface area contributed by atoms with Crippen molar-refractivity contribution in [1.82, 2.24) is 0 Å². The first-order valence-corrected chi connectivity index (χ1v) is 24.4. The van der Waals surface area contributed by atoms with Crippen molar-refractivity contribution in [2.45, 2.75) is 12.6 Å². The molecular weight excluding hydrogens is 885 g/mol. The maximum absolute atomic E-state index is 6.60. The summed E-state index contributed by atoms with van der Waals surface area (Å²) in [6, 6.07) is 64.7. The highest BCUT2D eigenvalue weighted by Crippen LogP contribution is 2.49. The smallest absolute Gasteiger partial charge is 0.189 e. The molecule has 2 fully saturated rings. The average Bonchev–Trinajstić information content (AvgIpc) is 4.26. The number of thiophene rings is 2. The fraction of sp³-hybridized carbons (Fsp3) is 0.103. The first-order chi connectivity index (χ1) is 33.7. The second-order valence-electron chi connectivity index (χ2n) is 17.2. The van der Waals surface area contributed by atoms with Gasteiger partial charge in [-0.25, -0.2) is 0 Å². The van der Waals surface area contributed by atoms with Gasteiger partial charge in [0, 0.05) is 75.9 Å². The number of anilines is 6. The van der Waals surface area contributed by atoms with Crippen LogP contribution in [0.5, 0.6) is 0 Å². The average molecular weight is 925 g/mol. The predicted molar refractivity (Wildman–Crippen MR) is 276 cm³/mol. The van der Waals surface area contributed by atoms with Crippen LogP contribution in [-0.4, -0.2) is 26.4 Å². The van der Waals surface area contributed by atoms with Gasteiger partial charge in [0.2, 0.25) is 0 Å². The molecule has 0 bridgehead atoms. The van der Waals surface area contributed by atoms with Gasteiger partial charge in [0.1, 0.15) is 11.2 Å². The van der Waals surface area contributed by atoms with Crippen LogP contribution in [0.3, 0.4) is 0 Å². The molecule has 8 nitrogen and oxygen atoms in total. The van der Waals surface area contributed by atoms with Crippen molar-refractivity contribution < 1.29 is 27.8 Å².